The Morgan fingerprint density at radius 1 is 1.27 bits per heavy atom. The molecule has 198 valence electrons. The molecule has 0 radical (unpaired) electrons. The molecular formula is C24H28N3O9P. The molecule has 5 atom stereocenters. The van der Waals surface area contributed by atoms with E-state index in [1.54, 1.807) is 24.3 Å². The Morgan fingerprint density at radius 3 is 2.76 bits per heavy atom. The minimum Gasteiger partial charge on any atom is -0.468 e. The third-order valence-corrected chi connectivity index (χ3v) is 7.57. The molecule has 2 aromatic carbocycles. The molecule has 3 aromatic rings. The number of aliphatic hydroxyl groups excluding tert-OH is 1. The summed E-state index contributed by atoms with van der Waals surface area (Å²) in [7, 11) is -3.03. The fourth-order valence-electron chi connectivity index (χ4n) is 3.97. The Morgan fingerprint density at radius 2 is 2.00 bits per heavy atom. The van der Waals surface area contributed by atoms with Gasteiger partial charge in [0.15, 0.2) is 0 Å². The number of aryl methyl sites for hydroxylation is 1. The fraction of sp³-hybridized carbons (Fsp3) is 0.375. The van der Waals surface area contributed by atoms with Crippen LogP contribution in [0.1, 0.15) is 25.1 Å². The molecule has 0 saturated carbocycles. The fourth-order valence-corrected chi connectivity index (χ4v) is 5.49. The summed E-state index contributed by atoms with van der Waals surface area (Å²) in [6.07, 6.45) is -1.57. The van der Waals surface area contributed by atoms with Crippen molar-refractivity contribution >= 4 is 24.5 Å². The standard InChI is InChI=1S/C24H28N3O9P/c1-14-12-27(24(31)25-22(14)29)21-11-18(28)20(35-21)13-34-37(32,26-15(2)23(30)33-3)36-19-10-6-8-16-7-4-5-9-17(16)19/h4-10,12,15,18,20-21,28H,11,13H2,1-3H3,(H,26,32)(H,25,29,31)/t15-,18+,20?,21+,37?/m0/s1. The van der Waals surface area contributed by atoms with Crippen molar-refractivity contribution in [1.29, 1.82) is 0 Å². The highest BCUT2D eigenvalue weighted by molar-refractivity contribution is 7.52. The molecule has 3 N–H and O–H groups in total. The molecule has 2 unspecified atom stereocenters. The first-order valence-electron chi connectivity index (χ1n) is 11.5. The minimum absolute atomic E-state index is 0.0277. The van der Waals surface area contributed by atoms with Gasteiger partial charge in [-0.1, -0.05) is 36.4 Å². The zero-order valence-corrected chi connectivity index (χ0v) is 21.3. The second-order valence-corrected chi connectivity index (χ2v) is 10.3. The van der Waals surface area contributed by atoms with Crippen LogP contribution in [-0.4, -0.2) is 52.6 Å². The number of nitrogens with one attached hydrogen (secondary N) is 2. The van der Waals surface area contributed by atoms with Crippen molar-refractivity contribution in [1.82, 2.24) is 14.6 Å². The highest BCUT2D eigenvalue weighted by Crippen LogP contribution is 2.47. The van der Waals surface area contributed by atoms with Crippen LogP contribution in [0.3, 0.4) is 0 Å². The van der Waals surface area contributed by atoms with Gasteiger partial charge in [0.05, 0.1) is 19.8 Å². The lowest BCUT2D eigenvalue weighted by atomic mass is 10.1. The lowest BCUT2D eigenvalue weighted by Gasteiger charge is -2.25. The van der Waals surface area contributed by atoms with E-state index in [2.05, 4.69) is 10.1 Å². The van der Waals surface area contributed by atoms with Gasteiger partial charge in [0.2, 0.25) is 0 Å². The highest BCUT2D eigenvalue weighted by Gasteiger charge is 2.39. The van der Waals surface area contributed by atoms with E-state index in [9.17, 15) is 24.1 Å². The van der Waals surface area contributed by atoms with E-state index in [1.807, 2.05) is 18.2 Å². The first-order valence-corrected chi connectivity index (χ1v) is 13.1. The maximum absolute atomic E-state index is 13.8. The monoisotopic (exact) mass is 533 g/mol. The van der Waals surface area contributed by atoms with Crippen LogP contribution in [0.2, 0.25) is 0 Å². The second kappa shape index (κ2) is 11.0. The first kappa shape index (κ1) is 26.8. The number of aromatic amines is 1. The van der Waals surface area contributed by atoms with Gasteiger partial charge in [0, 0.05) is 23.6 Å². The van der Waals surface area contributed by atoms with Crippen molar-refractivity contribution in [3.8, 4) is 5.75 Å². The number of aromatic nitrogens is 2. The molecule has 0 aliphatic carbocycles. The molecule has 1 aromatic heterocycles. The summed E-state index contributed by atoms with van der Waals surface area (Å²) in [5, 5.41) is 14.6. The predicted octanol–water partition coefficient (Wildman–Crippen LogP) is 2.00. The smallest absolute Gasteiger partial charge is 0.459 e. The predicted molar refractivity (Wildman–Crippen MR) is 133 cm³/mol. The number of benzene rings is 2. The molecule has 13 heteroatoms. The number of hydrogen-bond acceptors (Lipinski definition) is 9. The summed E-state index contributed by atoms with van der Waals surface area (Å²) >= 11 is 0. The Labute approximate surface area is 211 Å². The van der Waals surface area contributed by atoms with E-state index in [1.165, 1.54) is 31.7 Å². The van der Waals surface area contributed by atoms with Crippen LogP contribution in [0.25, 0.3) is 10.8 Å². The number of carbonyl (C=O) groups is 1. The van der Waals surface area contributed by atoms with Crippen molar-refractivity contribution in [3.05, 3.63) is 75.1 Å². The summed E-state index contributed by atoms with van der Waals surface area (Å²) in [5.74, 6) is -0.428. The van der Waals surface area contributed by atoms with Crippen molar-refractivity contribution in [2.45, 2.75) is 44.7 Å². The number of fused-ring (bicyclic) bond motifs is 1. The number of H-pyrrole nitrogens is 1. The number of rotatable bonds is 9. The second-order valence-electron chi connectivity index (χ2n) is 8.65. The van der Waals surface area contributed by atoms with Crippen LogP contribution in [0.5, 0.6) is 5.75 Å². The topological polar surface area (TPSA) is 158 Å². The molecular weight excluding hydrogens is 505 g/mol. The van der Waals surface area contributed by atoms with Gasteiger partial charge in [-0.25, -0.2) is 9.36 Å². The Hall–Kier alpha value is -3.28. The summed E-state index contributed by atoms with van der Waals surface area (Å²) in [6, 6.07) is 11.5. The average Bonchev–Trinajstić information content (AvgIpc) is 3.24. The van der Waals surface area contributed by atoms with Crippen molar-refractivity contribution < 1.29 is 33.0 Å². The number of esters is 1. The van der Waals surface area contributed by atoms with Gasteiger partial charge in [-0.05, 0) is 25.3 Å². The molecule has 1 aliphatic rings. The van der Waals surface area contributed by atoms with Gasteiger partial charge in [-0.15, -0.1) is 0 Å². The molecule has 12 nitrogen and oxygen atoms in total. The number of methoxy groups -OCH3 is 1. The summed E-state index contributed by atoms with van der Waals surface area (Å²) in [6.45, 7) is 2.59. The van der Waals surface area contributed by atoms with Crippen LogP contribution >= 0.6 is 7.75 Å². The van der Waals surface area contributed by atoms with Crippen molar-refractivity contribution in [2.24, 2.45) is 0 Å². The Balaban J connectivity index is 1.55. The maximum atomic E-state index is 13.8. The van der Waals surface area contributed by atoms with Gasteiger partial charge < -0.3 is 19.1 Å². The molecule has 1 fully saturated rings. The van der Waals surface area contributed by atoms with Gasteiger partial charge in [-0.2, -0.15) is 5.09 Å². The summed E-state index contributed by atoms with van der Waals surface area (Å²) in [5.41, 5.74) is -0.906. The van der Waals surface area contributed by atoms with Gasteiger partial charge in [0.25, 0.3) is 5.56 Å². The molecule has 0 amide bonds. The van der Waals surface area contributed by atoms with E-state index < -0.39 is 56.0 Å². The van der Waals surface area contributed by atoms with Crippen LogP contribution in [0.4, 0.5) is 0 Å². The average molecular weight is 533 g/mol. The summed E-state index contributed by atoms with van der Waals surface area (Å²) < 4.78 is 36.9. The number of hydrogen-bond donors (Lipinski definition) is 3. The van der Waals surface area contributed by atoms with Crippen molar-refractivity contribution in [3.63, 3.8) is 0 Å². The quantitative estimate of drug-likeness (QED) is 0.274. The molecule has 0 bridgehead atoms. The van der Waals surface area contributed by atoms with Crippen LogP contribution in [0, 0.1) is 6.92 Å². The summed E-state index contributed by atoms with van der Waals surface area (Å²) in [4.78, 5) is 38.1. The highest BCUT2D eigenvalue weighted by atomic mass is 31.2. The molecule has 4 rings (SSSR count). The molecule has 1 aliphatic heterocycles. The first-order chi connectivity index (χ1) is 17.6. The maximum Gasteiger partial charge on any atom is 0.459 e. The normalized spacial score (nSPS) is 21.9. The van der Waals surface area contributed by atoms with Crippen LogP contribution in [0.15, 0.2) is 58.3 Å². The van der Waals surface area contributed by atoms with Crippen LogP contribution in [-0.2, 0) is 23.4 Å². The van der Waals surface area contributed by atoms with Crippen molar-refractivity contribution in [2.75, 3.05) is 13.7 Å². The van der Waals surface area contributed by atoms with E-state index in [-0.39, 0.29) is 12.2 Å². The van der Waals surface area contributed by atoms with E-state index in [4.69, 9.17) is 18.5 Å². The number of carbonyl (C=O) groups excluding carboxylic acids is 1. The Bertz CT molecular complexity index is 1450. The number of ether oxygens (including phenoxy) is 2. The molecule has 37 heavy (non-hydrogen) atoms. The van der Waals surface area contributed by atoms with E-state index in [0.717, 1.165) is 5.39 Å². The molecule has 1 saturated heterocycles. The number of nitrogens with zero attached hydrogens (tertiary/aromatic N) is 1. The minimum atomic E-state index is -4.22. The van der Waals surface area contributed by atoms with E-state index >= 15 is 0 Å². The lowest BCUT2D eigenvalue weighted by Crippen LogP contribution is -2.36. The lowest BCUT2D eigenvalue weighted by molar-refractivity contribution is -0.142. The Kier molecular flexibility index (Phi) is 7.96. The van der Waals surface area contributed by atoms with Gasteiger partial charge >= 0.3 is 19.4 Å². The molecule has 2 heterocycles. The number of aliphatic hydroxyl groups is 1. The molecule has 0 spiro atoms. The van der Waals surface area contributed by atoms with Gasteiger partial charge in [0.1, 0.15) is 24.1 Å². The third kappa shape index (κ3) is 6.00. The van der Waals surface area contributed by atoms with E-state index in [0.29, 0.717) is 10.9 Å². The SMILES string of the molecule is COC(=O)[C@H](C)NP(=O)(OCC1O[C@@H](n2cc(C)c(=O)[nH]c2=O)C[C@H]1O)Oc1cccc2ccccc12. The largest absolute Gasteiger partial charge is 0.468 e. The zero-order chi connectivity index (χ0) is 26.7. The van der Waals surface area contributed by atoms with Crippen LogP contribution < -0.4 is 20.9 Å². The zero-order valence-electron chi connectivity index (χ0n) is 20.5. The van der Waals surface area contributed by atoms with Gasteiger partial charge in [-0.3, -0.25) is 23.7 Å². The third-order valence-electron chi connectivity index (χ3n) is 5.94.